The van der Waals surface area contributed by atoms with E-state index >= 15 is 0 Å². The van der Waals surface area contributed by atoms with Gasteiger partial charge in [0.25, 0.3) is 5.91 Å². The first kappa shape index (κ1) is 17.8. The number of ether oxygens (including phenoxy) is 2. The van der Waals surface area contributed by atoms with Gasteiger partial charge in [0, 0.05) is 0 Å². The van der Waals surface area contributed by atoms with E-state index in [1.807, 2.05) is 73.7 Å². The monoisotopic (exact) mass is 349 g/mol. The maximum absolute atomic E-state index is 12.4. The van der Waals surface area contributed by atoms with Crippen molar-refractivity contribution in [2.75, 3.05) is 13.2 Å². The van der Waals surface area contributed by atoms with Gasteiger partial charge in [0.2, 0.25) is 0 Å². The van der Waals surface area contributed by atoms with Crippen molar-refractivity contribution in [2.24, 2.45) is 0 Å². The molecule has 0 radical (unpaired) electrons. The average molecular weight is 349 g/mol. The van der Waals surface area contributed by atoms with Gasteiger partial charge in [-0.3, -0.25) is 4.79 Å². The molecular weight excluding hydrogens is 326 g/mol. The normalized spacial score (nSPS) is 11.7. The van der Waals surface area contributed by atoms with E-state index in [9.17, 15) is 4.79 Å². The van der Waals surface area contributed by atoms with Crippen LogP contribution in [0.5, 0.6) is 11.5 Å². The van der Waals surface area contributed by atoms with Crippen LogP contribution < -0.4 is 14.8 Å². The van der Waals surface area contributed by atoms with Gasteiger partial charge in [-0.2, -0.15) is 0 Å². The maximum Gasteiger partial charge on any atom is 0.261 e. The van der Waals surface area contributed by atoms with Crippen LogP contribution in [0, 0.1) is 0 Å². The van der Waals surface area contributed by atoms with Crippen molar-refractivity contribution in [2.45, 2.75) is 19.4 Å². The molecular formula is C22H23NO3. The quantitative estimate of drug-likeness (QED) is 0.620. The second kappa shape index (κ2) is 8.90. The lowest BCUT2D eigenvalue weighted by Crippen LogP contribution is -2.39. The molecule has 26 heavy (non-hydrogen) atoms. The van der Waals surface area contributed by atoms with E-state index < -0.39 is 6.10 Å². The van der Waals surface area contributed by atoms with Crippen LogP contribution in [-0.2, 0) is 4.79 Å². The Morgan fingerprint density at radius 3 is 2.42 bits per heavy atom. The number of carbonyl (C=O) groups is 1. The molecule has 0 spiro atoms. The lowest BCUT2D eigenvalue weighted by Gasteiger charge is -2.17. The zero-order valence-corrected chi connectivity index (χ0v) is 14.9. The fourth-order valence-corrected chi connectivity index (χ4v) is 2.70. The van der Waals surface area contributed by atoms with Gasteiger partial charge in [0.1, 0.15) is 18.1 Å². The SMILES string of the molecule is CCC(Oc1ccc2ccccc2c1)C(=O)NCCOc1ccccc1. The summed E-state index contributed by atoms with van der Waals surface area (Å²) in [6.45, 7) is 2.79. The highest BCUT2D eigenvalue weighted by Crippen LogP contribution is 2.22. The van der Waals surface area contributed by atoms with Gasteiger partial charge in [-0.25, -0.2) is 0 Å². The van der Waals surface area contributed by atoms with Crippen molar-refractivity contribution in [3.8, 4) is 11.5 Å². The van der Waals surface area contributed by atoms with Crippen molar-refractivity contribution < 1.29 is 14.3 Å². The molecule has 0 aliphatic rings. The fraction of sp³-hybridized carbons (Fsp3) is 0.227. The van der Waals surface area contributed by atoms with E-state index in [0.717, 1.165) is 16.5 Å². The van der Waals surface area contributed by atoms with E-state index in [2.05, 4.69) is 11.4 Å². The van der Waals surface area contributed by atoms with Crippen molar-refractivity contribution in [1.82, 2.24) is 5.32 Å². The molecule has 4 nitrogen and oxygen atoms in total. The second-order valence-electron chi connectivity index (χ2n) is 5.98. The van der Waals surface area contributed by atoms with E-state index in [-0.39, 0.29) is 5.91 Å². The number of hydrogen-bond acceptors (Lipinski definition) is 3. The Kier molecular flexibility index (Phi) is 6.09. The molecule has 0 fully saturated rings. The minimum absolute atomic E-state index is 0.127. The Balaban J connectivity index is 1.51. The molecule has 3 aromatic carbocycles. The smallest absolute Gasteiger partial charge is 0.261 e. The lowest BCUT2D eigenvalue weighted by molar-refractivity contribution is -0.128. The van der Waals surface area contributed by atoms with E-state index in [0.29, 0.717) is 25.3 Å². The summed E-state index contributed by atoms with van der Waals surface area (Å²) in [4.78, 5) is 12.4. The van der Waals surface area contributed by atoms with Crippen molar-refractivity contribution in [3.05, 3.63) is 72.8 Å². The first-order valence-corrected chi connectivity index (χ1v) is 8.87. The van der Waals surface area contributed by atoms with Gasteiger partial charge in [-0.15, -0.1) is 0 Å². The van der Waals surface area contributed by atoms with Gasteiger partial charge in [0.15, 0.2) is 6.10 Å². The summed E-state index contributed by atoms with van der Waals surface area (Å²) in [6.07, 6.45) is 0.0750. The van der Waals surface area contributed by atoms with E-state index in [4.69, 9.17) is 9.47 Å². The Hall–Kier alpha value is -3.01. The molecule has 4 heteroatoms. The molecule has 0 bridgehead atoms. The topological polar surface area (TPSA) is 47.6 Å². The molecule has 1 unspecified atom stereocenters. The highest BCUT2D eigenvalue weighted by atomic mass is 16.5. The third kappa shape index (κ3) is 4.76. The number of para-hydroxylation sites is 1. The van der Waals surface area contributed by atoms with E-state index in [1.165, 1.54) is 0 Å². The predicted molar refractivity (Wildman–Crippen MR) is 104 cm³/mol. The van der Waals surface area contributed by atoms with Crippen LogP contribution in [0.25, 0.3) is 10.8 Å². The lowest BCUT2D eigenvalue weighted by atomic mass is 10.1. The summed E-state index contributed by atoms with van der Waals surface area (Å²) >= 11 is 0. The second-order valence-corrected chi connectivity index (χ2v) is 5.98. The van der Waals surface area contributed by atoms with Crippen LogP contribution in [0.1, 0.15) is 13.3 Å². The van der Waals surface area contributed by atoms with Crippen LogP contribution in [0.2, 0.25) is 0 Å². The zero-order chi connectivity index (χ0) is 18.2. The highest BCUT2D eigenvalue weighted by Gasteiger charge is 2.18. The Bertz CT molecular complexity index is 848. The summed E-state index contributed by atoms with van der Waals surface area (Å²) in [6, 6.07) is 23.5. The molecule has 1 atom stereocenters. The summed E-state index contributed by atoms with van der Waals surface area (Å²) in [7, 11) is 0. The summed E-state index contributed by atoms with van der Waals surface area (Å²) < 4.78 is 11.5. The molecule has 0 saturated heterocycles. The number of fused-ring (bicyclic) bond motifs is 1. The molecule has 134 valence electrons. The number of nitrogens with one attached hydrogen (secondary N) is 1. The first-order chi connectivity index (χ1) is 12.8. The standard InChI is InChI=1S/C22H23NO3/c1-2-21(22(24)23-14-15-25-19-10-4-3-5-11-19)26-20-13-12-17-8-6-7-9-18(17)16-20/h3-13,16,21H,2,14-15H2,1H3,(H,23,24). The largest absolute Gasteiger partial charge is 0.492 e. The summed E-state index contributed by atoms with van der Waals surface area (Å²) in [5.41, 5.74) is 0. The molecule has 1 amide bonds. The van der Waals surface area contributed by atoms with Gasteiger partial charge < -0.3 is 14.8 Å². The Labute approximate surface area is 153 Å². The third-order valence-corrected chi connectivity index (χ3v) is 4.08. The maximum atomic E-state index is 12.4. The Morgan fingerprint density at radius 1 is 0.923 bits per heavy atom. The third-order valence-electron chi connectivity index (χ3n) is 4.08. The average Bonchev–Trinajstić information content (AvgIpc) is 2.70. The van der Waals surface area contributed by atoms with Gasteiger partial charge in [-0.1, -0.05) is 55.5 Å². The minimum Gasteiger partial charge on any atom is -0.492 e. The van der Waals surface area contributed by atoms with Gasteiger partial charge in [-0.05, 0) is 41.5 Å². The minimum atomic E-state index is -0.520. The molecule has 0 heterocycles. The molecule has 0 aromatic heterocycles. The van der Waals surface area contributed by atoms with Crippen LogP contribution in [0.3, 0.4) is 0 Å². The van der Waals surface area contributed by atoms with Gasteiger partial charge in [0.05, 0.1) is 6.54 Å². The first-order valence-electron chi connectivity index (χ1n) is 8.87. The Morgan fingerprint density at radius 2 is 1.65 bits per heavy atom. The van der Waals surface area contributed by atoms with Crippen LogP contribution in [-0.4, -0.2) is 25.2 Å². The molecule has 3 aromatic rings. The number of rotatable bonds is 8. The number of benzene rings is 3. The van der Waals surface area contributed by atoms with Crippen molar-refractivity contribution in [3.63, 3.8) is 0 Å². The number of amides is 1. The molecule has 0 aliphatic heterocycles. The predicted octanol–water partition coefficient (Wildman–Crippen LogP) is 4.19. The fourth-order valence-electron chi connectivity index (χ4n) is 2.70. The number of carbonyl (C=O) groups excluding carboxylic acids is 1. The molecule has 1 N–H and O–H groups in total. The number of hydrogen-bond donors (Lipinski definition) is 1. The van der Waals surface area contributed by atoms with Crippen LogP contribution in [0.4, 0.5) is 0 Å². The molecule has 3 rings (SSSR count). The van der Waals surface area contributed by atoms with Gasteiger partial charge >= 0.3 is 0 Å². The van der Waals surface area contributed by atoms with Crippen LogP contribution in [0.15, 0.2) is 72.8 Å². The van der Waals surface area contributed by atoms with Crippen molar-refractivity contribution in [1.29, 1.82) is 0 Å². The highest BCUT2D eigenvalue weighted by molar-refractivity contribution is 5.84. The molecule has 0 aliphatic carbocycles. The van der Waals surface area contributed by atoms with Crippen molar-refractivity contribution >= 4 is 16.7 Å². The van der Waals surface area contributed by atoms with E-state index in [1.54, 1.807) is 0 Å². The summed E-state index contributed by atoms with van der Waals surface area (Å²) in [5.74, 6) is 1.37. The molecule has 0 saturated carbocycles. The van der Waals surface area contributed by atoms with Crippen LogP contribution >= 0.6 is 0 Å². The zero-order valence-electron chi connectivity index (χ0n) is 14.9. The summed E-state index contributed by atoms with van der Waals surface area (Å²) in [5, 5.41) is 5.11.